The second kappa shape index (κ2) is 6.92. The molecule has 1 aliphatic rings. The Kier molecular flexibility index (Phi) is 5.80. The van der Waals surface area contributed by atoms with E-state index in [1.54, 1.807) is 0 Å². The number of rotatable bonds is 5. The minimum atomic E-state index is -0.487. The van der Waals surface area contributed by atoms with E-state index < -0.39 is 5.54 Å². The fourth-order valence-electron chi connectivity index (χ4n) is 2.64. The van der Waals surface area contributed by atoms with E-state index in [0.29, 0.717) is 13.1 Å². The first kappa shape index (κ1) is 16.8. The van der Waals surface area contributed by atoms with Gasteiger partial charge in [0.2, 0.25) is 5.91 Å². The van der Waals surface area contributed by atoms with Gasteiger partial charge in [-0.2, -0.15) is 0 Å². The fraction of sp³-hybridized carbons (Fsp3) is 0.857. The molecule has 0 aliphatic carbocycles. The number of carbonyl (C=O) groups is 1. The van der Waals surface area contributed by atoms with Gasteiger partial charge in [0.05, 0.1) is 5.54 Å². The largest absolute Gasteiger partial charge is 0.409 e. The summed E-state index contributed by atoms with van der Waals surface area (Å²) in [5, 5.41) is 12.0. The topological polar surface area (TPSA) is 82.2 Å². The van der Waals surface area contributed by atoms with Gasteiger partial charge < -0.3 is 15.8 Å². The smallest absolute Gasteiger partial charge is 0.225 e. The van der Waals surface area contributed by atoms with E-state index in [0.717, 1.165) is 25.9 Å². The van der Waals surface area contributed by atoms with E-state index >= 15 is 0 Å². The average Bonchev–Trinajstić information content (AvgIpc) is 2.45. The zero-order valence-electron chi connectivity index (χ0n) is 13.1. The van der Waals surface area contributed by atoms with E-state index in [-0.39, 0.29) is 17.7 Å². The Hall–Kier alpha value is -1.30. The molecule has 6 nitrogen and oxygen atoms in total. The van der Waals surface area contributed by atoms with Gasteiger partial charge in [0.1, 0.15) is 0 Å². The molecule has 1 heterocycles. The zero-order chi connectivity index (χ0) is 15.3. The van der Waals surface area contributed by atoms with Crippen LogP contribution in [0, 0.1) is 5.92 Å². The van der Waals surface area contributed by atoms with Gasteiger partial charge in [-0.25, -0.2) is 0 Å². The van der Waals surface area contributed by atoms with Crippen molar-refractivity contribution in [1.29, 1.82) is 0 Å². The Morgan fingerprint density at radius 3 is 2.35 bits per heavy atom. The van der Waals surface area contributed by atoms with Crippen molar-refractivity contribution in [1.82, 2.24) is 9.80 Å². The highest BCUT2D eigenvalue weighted by molar-refractivity contribution is 5.88. The second-order valence-corrected chi connectivity index (χ2v) is 6.05. The van der Waals surface area contributed by atoms with Gasteiger partial charge in [-0.05, 0) is 20.3 Å². The first-order valence-corrected chi connectivity index (χ1v) is 7.36. The molecule has 1 fully saturated rings. The second-order valence-electron chi connectivity index (χ2n) is 6.05. The van der Waals surface area contributed by atoms with Crippen molar-refractivity contribution < 1.29 is 10.0 Å². The van der Waals surface area contributed by atoms with Gasteiger partial charge in [-0.3, -0.25) is 9.69 Å². The van der Waals surface area contributed by atoms with E-state index in [2.05, 4.69) is 17.0 Å². The molecule has 1 saturated heterocycles. The Balaban J connectivity index is 2.58. The minimum absolute atomic E-state index is 0.101. The van der Waals surface area contributed by atoms with Crippen LogP contribution in [-0.4, -0.2) is 58.5 Å². The lowest BCUT2D eigenvalue weighted by Gasteiger charge is -2.43. The summed E-state index contributed by atoms with van der Waals surface area (Å²) < 4.78 is 0. The number of oxime groups is 1. The van der Waals surface area contributed by atoms with E-state index in [9.17, 15) is 4.79 Å². The maximum atomic E-state index is 12.3. The maximum Gasteiger partial charge on any atom is 0.225 e. The number of amides is 1. The minimum Gasteiger partial charge on any atom is -0.409 e. The summed E-state index contributed by atoms with van der Waals surface area (Å²) >= 11 is 0. The summed E-state index contributed by atoms with van der Waals surface area (Å²) in [7, 11) is 0. The number of carbonyl (C=O) groups excluding carboxylic acids is 1. The van der Waals surface area contributed by atoms with Gasteiger partial charge >= 0.3 is 0 Å². The molecule has 6 heteroatoms. The van der Waals surface area contributed by atoms with Gasteiger partial charge in [-0.1, -0.05) is 25.4 Å². The Labute approximate surface area is 121 Å². The molecule has 116 valence electrons. The van der Waals surface area contributed by atoms with Crippen LogP contribution in [0.1, 0.15) is 40.5 Å². The van der Waals surface area contributed by atoms with Crippen LogP contribution < -0.4 is 5.73 Å². The molecule has 3 N–H and O–H groups in total. The highest BCUT2D eigenvalue weighted by atomic mass is 16.4. The molecule has 20 heavy (non-hydrogen) atoms. The van der Waals surface area contributed by atoms with Crippen molar-refractivity contribution in [3.05, 3.63) is 0 Å². The normalized spacial score (nSPS) is 20.0. The zero-order valence-corrected chi connectivity index (χ0v) is 13.1. The van der Waals surface area contributed by atoms with Crippen LogP contribution in [0.4, 0.5) is 0 Å². The van der Waals surface area contributed by atoms with Crippen LogP contribution in [0.3, 0.4) is 0 Å². The molecule has 1 rings (SSSR count). The summed E-state index contributed by atoms with van der Waals surface area (Å²) in [6.45, 7) is 10.9. The number of hydrogen-bond acceptors (Lipinski definition) is 4. The lowest BCUT2D eigenvalue weighted by Crippen LogP contribution is -2.60. The van der Waals surface area contributed by atoms with Crippen molar-refractivity contribution in [2.75, 3.05) is 26.2 Å². The number of nitrogens with zero attached hydrogens (tertiary/aromatic N) is 3. The monoisotopic (exact) mass is 284 g/mol. The first-order chi connectivity index (χ1) is 9.34. The Morgan fingerprint density at radius 1 is 1.35 bits per heavy atom. The number of amidine groups is 1. The highest BCUT2D eigenvalue weighted by Crippen LogP contribution is 2.19. The van der Waals surface area contributed by atoms with Gasteiger partial charge in [-0.15, -0.1) is 0 Å². The molecule has 0 aromatic rings. The maximum absolute atomic E-state index is 12.3. The molecule has 1 unspecified atom stereocenters. The molecular weight excluding hydrogens is 256 g/mol. The summed E-state index contributed by atoms with van der Waals surface area (Å²) in [6.07, 6.45) is 1.97. The van der Waals surface area contributed by atoms with Gasteiger partial charge in [0, 0.05) is 32.1 Å². The quantitative estimate of drug-likeness (QED) is 0.343. The molecular formula is C14H28N4O2. The number of hydrogen-bond donors (Lipinski definition) is 2. The summed E-state index contributed by atoms with van der Waals surface area (Å²) in [4.78, 5) is 16.3. The third kappa shape index (κ3) is 3.62. The van der Waals surface area contributed by atoms with Crippen molar-refractivity contribution in [3.63, 3.8) is 0 Å². The lowest BCUT2D eigenvalue weighted by atomic mass is 9.99. The standard InChI is InChI=1S/C14H28N4O2/c1-5-6-11(2)12(19)17-7-9-18(10-8-17)14(3,4)13(15)16-20/h11,20H,5-10H2,1-4H3,(H2,15,16). The SMILES string of the molecule is CCCC(C)C(=O)N1CCN(C(C)(C)C(N)=NO)CC1. The predicted octanol–water partition coefficient (Wildman–Crippen LogP) is 1.09. The Morgan fingerprint density at radius 2 is 1.90 bits per heavy atom. The molecule has 0 spiro atoms. The number of piperazine rings is 1. The third-order valence-corrected chi connectivity index (χ3v) is 4.26. The third-order valence-electron chi connectivity index (χ3n) is 4.26. The fourth-order valence-corrected chi connectivity index (χ4v) is 2.64. The van der Waals surface area contributed by atoms with Gasteiger partial charge in [0.15, 0.2) is 5.84 Å². The molecule has 0 saturated carbocycles. The van der Waals surface area contributed by atoms with Crippen LogP contribution in [0.2, 0.25) is 0 Å². The van der Waals surface area contributed by atoms with Crippen molar-refractivity contribution in [2.45, 2.75) is 46.1 Å². The molecule has 1 atom stereocenters. The highest BCUT2D eigenvalue weighted by Gasteiger charge is 2.35. The van der Waals surface area contributed by atoms with Crippen LogP contribution in [0.25, 0.3) is 0 Å². The molecule has 0 aromatic carbocycles. The Bertz CT molecular complexity index is 360. The summed E-state index contributed by atoms with van der Waals surface area (Å²) in [5.74, 6) is 0.549. The molecule has 0 aromatic heterocycles. The first-order valence-electron chi connectivity index (χ1n) is 7.36. The predicted molar refractivity (Wildman–Crippen MR) is 79.7 cm³/mol. The molecule has 1 aliphatic heterocycles. The van der Waals surface area contributed by atoms with E-state index in [1.165, 1.54) is 0 Å². The molecule has 0 radical (unpaired) electrons. The van der Waals surface area contributed by atoms with Crippen LogP contribution in [0.15, 0.2) is 5.16 Å². The average molecular weight is 284 g/mol. The number of nitrogens with two attached hydrogens (primary N) is 1. The van der Waals surface area contributed by atoms with Crippen molar-refractivity contribution in [2.24, 2.45) is 16.8 Å². The van der Waals surface area contributed by atoms with Crippen LogP contribution in [-0.2, 0) is 4.79 Å². The summed E-state index contributed by atoms with van der Waals surface area (Å²) in [6, 6.07) is 0. The molecule has 0 bridgehead atoms. The molecule has 1 amide bonds. The lowest BCUT2D eigenvalue weighted by molar-refractivity contribution is -0.137. The van der Waals surface area contributed by atoms with Gasteiger partial charge in [0.25, 0.3) is 0 Å². The van der Waals surface area contributed by atoms with E-state index in [1.807, 2.05) is 25.7 Å². The van der Waals surface area contributed by atoms with E-state index in [4.69, 9.17) is 10.9 Å². The van der Waals surface area contributed by atoms with Crippen molar-refractivity contribution >= 4 is 11.7 Å². The van der Waals surface area contributed by atoms with Crippen molar-refractivity contribution in [3.8, 4) is 0 Å². The van der Waals surface area contributed by atoms with Crippen LogP contribution >= 0.6 is 0 Å². The van der Waals surface area contributed by atoms with Crippen LogP contribution in [0.5, 0.6) is 0 Å². The summed E-state index contributed by atoms with van der Waals surface area (Å²) in [5.41, 5.74) is 5.25.